The highest BCUT2D eigenvalue weighted by molar-refractivity contribution is 7.99. The van der Waals surface area contributed by atoms with Crippen molar-refractivity contribution in [3.63, 3.8) is 0 Å². The molecule has 0 saturated carbocycles. The monoisotopic (exact) mass is 347 g/mol. The van der Waals surface area contributed by atoms with Crippen molar-refractivity contribution in [2.45, 2.75) is 16.2 Å². The number of carbonyl (C=O) groups is 1. The van der Waals surface area contributed by atoms with Crippen LogP contribution >= 0.6 is 23.4 Å². The Kier molecular flexibility index (Phi) is 4.68. The Morgan fingerprint density at radius 1 is 1.22 bits per heavy atom. The number of fused-ring (bicyclic) bond motifs is 2. The first-order chi connectivity index (χ1) is 11.1. The SMILES string of the molecule is CN(CCCN1c2ccccc2Sc2ccc(Cl)cc21)C(=O)[O-]. The van der Waals surface area contributed by atoms with Crippen LogP contribution in [0.5, 0.6) is 0 Å². The number of rotatable bonds is 4. The molecule has 0 aliphatic carbocycles. The highest BCUT2D eigenvalue weighted by Gasteiger charge is 2.23. The average molecular weight is 348 g/mol. The van der Waals surface area contributed by atoms with Crippen molar-refractivity contribution in [1.29, 1.82) is 0 Å². The number of nitrogens with zero attached hydrogens (tertiary/aromatic N) is 2. The van der Waals surface area contributed by atoms with E-state index in [2.05, 4.69) is 17.0 Å². The van der Waals surface area contributed by atoms with Crippen molar-refractivity contribution in [3.05, 3.63) is 47.5 Å². The van der Waals surface area contributed by atoms with Crippen molar-refractivity contribution in [2.75, 3.05) is 25.0 Å². The lowest BCUT2D eigenvalue weighted by atomic mass is 10.2. The molecule has 1 aliphatic heterocycles. The summed E-state index contributed by atoms with van der Waals surface area (Å²) in [7, 11) is 1.53. The zero-order chi connectivity index (χ0) is 16.4. The Morgan fingerprint density at radius 2 is 1.96 bits per heavy atom. The van der Waals surface area contributed by atoms with Crippen LogP contribution in [-0.4, -0.2) is 31.1 Å². The van der Waals surface area contributed by atoms with E-state index in [1.165, 1.54) is 16.8 Å². The maximum absolute atomic E-state index is 10.8. The summed E-state index contributed by atoms with van der Waals surface area (Å²) >= 11 is 7.89. The molecule has 1 amide bonds. The Bertz CT molecular complexity index is 738. The fourth-order valence-corrected chi connectivity index (χ4v) is 3.84. The molecule has 0 unspecified atom stereocenters. The first kappa shape index (κ1) is 16.0. The number of hydrogen-bond acceptors (Lipinski definition) is 4. The van der Waals surface area contributed by atoms with Crippen molar-refractivity contribution in [3.8, 4) is 0 Å². The van der Waals surface area contributed by atoms with Gasteiger partial charge in [0.2, 0.25) is 0 Å². The van der Waals surface area contributed by atoms with Gasteiger partial charge in [0.25, 0.3) is 0 Å². The molecule has 0 radical (unpaired) electrons. The van der Waals surface area contributed by atoms with Crippen LogP contribution in [0.25, 0.3) is 0 Å². The summed E-state index contributed by atoms with van der Waals surface area (Å²) in [6, 6.07) is 14.1. The predicted octanol–water partition coefficient (Wildman–Crippen LogP) is 3.61. The highest BCUT2D eigenvalue weighted by Crippen LogP contribution is 2.48. The molecule has 0 atom stereocenters. The molecule has 4 nitrogen and oxygen atoms in total. The third kappa shape index (κ3) is 3.41. The normalized spacial score (nSPS) is 12.5. The first-order valence-electron chi connectivity index (χ1n) is 7.32. The molecular weight excluding hydrogens is 332 g/mol. The van der Waals surface area contributed by atoms with Crippen LogP contribution in [0, 0.1) is 0 Å². The first-order valence-corrected chi connectivity index (χ1v) is 8.52. The van der Waals surface area contributed by atoms with E-state index in [9.17, 15) is 9.90 Å². The van der Waals surface area contributed by atoms with Crippen molar-refractivity contribution < 1.29 is 9.90 Å². The minimum absolute atomic E-state index is 0.435. The van der Waals surface area contributed by atoms with Crippen LogP contribution in [0.2, 0.25) is 5.02 Å². The van der Waals surface area contributed by atoms with Gasteiger partial charge in [-0.25, -0.2) is 0 Å². The van der Waals surface area contributed by atoms with E-state index >= 15 is 0 Å². The van der Waals surface area contributed by atoms with E-state index < -0.39 is 6.09 Å². The summed E-state index contributed by atoms with van der Waals surface area (Å²) in [6.45, 7) is 1.15. The van der Waals surface area contributed by atoms with Gasteiger partial charge in [0.15, 0.2) is 0 Å². The van der Waals surface area contributed by atoms with Crippen molar-refractivity contribution in [1.82, 2.24) is 4.90 Å². The quantitative estimate of drug-likeness (QED) is 0.847. The van der Waals surface area contributed by atoms with Gasteiger partial charge in [-0.2, -0.15) is 0 Å². The van der Waals surface area contributed by atoms with Crippen LogP contribution < -0.4 is 10.0 Å². The number of carbonyl (C=O) groups excluding carboxylic acids is 1. The Hall–Kier alpha value is -1.85. The van der Waals surface area contributed by atoms with Crippen LogP contribution in [0.4, 0.5) is 16.2 Å². The fraction of sp³-hybridized carbons (Fsp3) is 0.235. The molecule has 6 heteroatoms. The molecular formula is C17H16ClN2O2S-. The van der Waals surface area contributed by atoms with Gasteiger partial charge in [0.05, 0.1) is 11.4 Å². The topological polar surface area (TPSA) is 46.6 Å². The Balaban J connectivity index is 1.86. The maximum Gasteiger partial charge on any atom is 0.136 e. The summed E-state index contributed by atoms with van der Waals surface area (Å²) in [6.07, 6.45) is -0.446. The largest absolute Gasteiger partial charge is 0.530 e. The van der Waals surface area contributed by atoms with E-state index in [0.29, 0.717) is 24.5 Å². The lowest BCUT2D eigenvalue weighted by Crippen LogP contribution is -2.39. The maximum atomic E-state index is 10.8. The molecule has 1 aliphatic rings. The third-order valence-corrected chi connectivity index (χ3v) is 5.14. The molecule has 0 aromatic heterocycles. The summed E-state index contributed by atoms with van der Waals surface area (Å²) in [4.78, 5) is 16.6. The second kappa shape index (κ2) is 6.72. The molecule has 1 heterocycles. The van der Waals surface area contributed by atoms with Gasteiger partial charge < -0.3 is 19.7 Å². The van der Waals surface area contributed by atoms with Crippen molar-refractivity contribution in [2.24, 2.45) is 0 Å². The number of benzene rings is 2. The van der Waals surface area contributed by atoms with Gasteiger partial charge in [-0.15, -0.1) is 0 Å². The summed E-state index contributed by atoms with van der Waals surface area (Å²) in [5, 5.41) is 11.5. The molecule has 120 valence electrons. The lowest BCUT2D eigenvalue weighted by molar-refractivity contribution is -0.264. The zero-order valence-corrected chi connectivity index (χ0v) is 14.2. The van der Waals surface area contributed by atoms with E-state index in [0.717, 1.165) is 16.3 Å². The number of carboxylic acid groups (broad SMARTS) is 1. The molecule has 0 bridgehead atoms. The van der Waals surface area contributed by atoms with E-state index in [1.807, 2.05) is 30.3 Å². The summed E-state index contributed by atoms with van der Waals surface area (Å²) < 4.78 is 0. The molecule has 3 rings (SSSR count). The summed E-state index contributed by atoms with van der Waals surface area (Å²) in [5.74, 6) is 0. The van der Waals surface area contributed by atoms with Crippen LogP contribution in [0.15, 0.2) is 52.3 Å². The predicted molar refractivity (Wildman–Crippen MR) is 91.7 cm³/mol. The van der Waals surface area contributed by atoms with Gasteiger partial charge in [-0.05, 0) is 36.8 Å². The molecule has 0 N–H and O–H groups in total. The van der Waals surface area contributed by atoms with E-state index in [4.69, 9.17) is 11.6 Å². The average Bonchev–Trinajstić information content (AvgIpc) is 2.54. The Labute approximate surface area is 144 Å². The molecule has 23 heavy (non-hydrogen) atoms. The minimum Gasteiger partial charge on any atom is -0.530 e. The van der Waals surface area contributed by atoms with Gasteiger partial charge in [-0.1, -0.05) is 35.5 Å². The molecule has 2 aromatic rings. The van der Waals surface area contributed by atoms with Gasteiger partial charge in [0, 0.05) is 35.0 Å². The number of hydrogen-bond donors (Lipinski definition) is 0. The second-order valence-corrected chi connectivity index (χ2v) is 6.89. The molecule has 0 spiro atoms. The lowest BCUT2D eigenvalue weighted by Gasteiger charge is -2.33. The second-order valence-electron chi connectivity index (χ2n) is 5.37. The van der Waals surface area contributed by atoms with Crippen LogP contribution in [0.1, 0.15) is 6.42 Å². The van der Waals surface area contributed by atoms with Crippen LogP contribution in [-0.2, 0) is 0 Å². The van der Waals surface area contributed by atoms with E-state index in [-0.39, 0.29) is 0 Å². The van der Waals surface area contributed by atoms with Gasteiger partial charge in [-0.3, -0.25) is 0 Å². The smallest absolute Gasteiger partial charge is 0.136 e. The number of anilines is 2. The van der Waals surface area contributed by atoms with E-state index in [1.54, 1.807) is 11.8 Å². The third-order valence-electron chi connectivity index (χ3n) is 3.77. The van der Waals surface area contributed by atoms with Crippen molar-refractivity contribution >= 4 is 40.8 Å². The summed E-state index contributed by atoms with van der Waals surface area (Å²) in [5.41, 5.74) is 2.20. The minimum atomic E-state index is -1.15. The molecule has 0 saturated heterocycles. The molecule has 2 aromatic carbocycles. The van der Waals surface area contributed by atoms with Crippen LogP contribution in [0.3, 0.4) is 0 Å². The number of halogens is 1. The highest BCUT2D eigenvalue weighted by atomic mass is 35.5. The van der Waals surface area contributed by atoms with Gasteiger partial charge >= 0.3 is 0 Å². The standard InChI is InChI=1S/C17H17ClN2O2S/c1-19(17(21)22)9-4-10-20-13-5-2-3-6-15(13)23-16-8-7-12(18)11-14(16)20/h2-3,5-8,11H,4,9-10H2,1H3,(H,21,22)/p-1. The fourth-order valence-electron chi connectivity index (χ4n) is 2.60. The number of amides is 1. The Morgan fingerprint density at radius 3 is 2.74 bits per heavy atom. The van der Waals surface area contributed by atoms with Gasteiger partial charge in [0.1, 0.15) is 6.09 Å². The number of para-hydroxylation sites is 1. The zero-order valence-electron chi connectivity index (χ0n) is 12.7. The molecule has 0 fully saturated rings.